The number of anilines is 2. The van der Waals surface area contributed by atoms with Gasteiger partial charge in [0.2, 0.25) is 5.95 Å². The summed E-state index contributed by atoms with van der Waals surface area (Å²) in [5, 5.41) is 30.9. The van der Waals surface area contributed by atoms with Crippen LogP contribution in [0.3, 0.4) is 0 Å². The van der Waals surface area contributed by atoms with Crippen molar-refractivity contribution in [2.24, 2.45) is 29.1 Å². The minimum Gasteiger partial charge on any atom is -0.393 e. The van der Waals surface area contributed by atoms with Gasteiger partial charge in [0.05, 0.1) is 23.1 Å². The van der Waals surface area contributed by atoms with Crippen molar-refractivity contribution in [1.82, 2.24) is 20.3 Å². The zero-order valence-corrected chi connectivity index (χ0v) is 24.1. The third kappa shape index (κ3) is 5.88. The van der Waals surface area contributed by atoms with Gasteiger partial charge < -0.3 is 21.1 Å². The first kappa shape index (κ1) is 27.6. The van der Waals surface area contributed by atoms with Crippen LogP contribution >= 0.6 is 0 Å². The van der Waals surface area contributed by atoms with Crippen LogP contribution in [0.4, 0.5) is 11.8 Å². The number of aliphatic hydroxyl groups is 1. The van der Waals surface area contributed by atoms with E-state index >= 15 is 0 Å². The van der Waals surface area contributed by atoms with Gasteiger partial charge in [0.25, 0.3) is 0 Å². The fourth-order valence-corrected chi connectivity index (χ4v) is 9.06. The van der Waals surface area contributed by atoms with Crippen LogP contribution in [-0.4, -0.2) is 55.8 Å². The summed E-state index contributed by atoms with van der Waals surface area (Å²) in [6, 6.07) is 6.59. The molecule has 4 N–H and O–H groups in total. The molecular weight excluding hydrogens is 522 g/mol. The van der Waals surface area contributed by atoms with E-state index in [1.807, 2.05) is 12.1 Å². The lowest BCUT2D eigenvalue weighted by Crippen LogP contribution is -2.60. The lowest BCUT2D eigenvalue weighted by Gasteiger charge is -2.60. The summed E-state index contributed by atoms with van der Waals surface area (Å²) in [5.74, 6) is 3.96. The standard InChI is InChI=1S/C30H41N7O2S/c1-40(39)28-21(3-2-8-32-28)16-34-29-35-17-24(14-31)27(37-29)36-18-30-11-20-9-22(12-30)26(23(10-20)13-30)33-15-19-4-6-25(38)7-5-19/h2-3,8,17,19-20,22-23,25-26,33,38H,4-7,9-13,15-16,18H2,1H3,(H2,34,35,36,37). The average molecular weight is 564 g/mol. The van der Waals surface area contributed by atoms with Crippen molar-refractivity contribution < 1.29 is 9.32 Å². The Morgan fingerprint density at radius 1 is 1.12 bits per heavy atom. The molecule has 40 heavy (non-hydrogen) atoms. The monoisotopic (exact) mass is 563 g/mol. The van der Waals surface area contributed by atoms with Crippen LogP contribution in [-0.2, 0) is 17.3 Å². The number of nitrogens with one attached hydrogen (secondary N) is 3. The summed E-state index contributed by atoms with van der Waals surface area (Å²) in [6.07, 6.45) is 15.3. The molecule has 2 aromatic heterocycles. The van der Waals surface area contributed by atoms with E-state index in [1.54, 1.807) is 18.6 Å². The molecule has 5 aliphatic rings. The van der Waals surface area contributed by atoms with Crippen molar-refractivity contribution in [2.45, 2.75) is 81.5 Å². The van der Waals surface area contributed by atoms with Gasteiger partial charge >= 0.3 is 0 Å². The number of pyridine rings is 1. The predicted molar refractivity (Wildman–Crippen MR) is 155 cm³/mol. The van der Waals surface area contributed by atoms with Gasteiger partial charge in [0.15, 0.2) is 0 Å². The molecule has 0 aromatic carbocycles. The highest BCUT2D eigenvalue weighted by Crippen LogP contribution is 2.60. The molecular formula is C30H41N7O2S. The van der Waals surface area contributed by atoms with Gasteiger partial charge in [-0.2, -0.15) is 10.2 Å². The Bertz CT molecular complexity index is 1260. The maximum absolute atomic E-state index is 12.0. The lowest BCUT2D eigenvalue weighted by atomic mass is 9.48. The number of aliphatic hydroxyl groups excluding tert-OH is 1. The number of nitriles is 1. The molecule has 2 aromatic rings. The van der Waals surface area contributed by atoms with E-state index in [0.717, 1.165) is 62.1 Å². The third-order valence-corrected chi connectivity index (χ3v) is 10.9. The molecule has 5 saturated carbocycles. The van der Waals surface area contributed by atoms with Gasteiger partial charge in [-0.1, -0.05) is 6.07 Å². The molecule has 0 aliphatic heterocycles. The van der Waals surface area contributed by atoms with Gasteiger partial charge in [0.1, 0.15) is 22.5 Å². The Hall–Kier alpha value is -2.61. The summed E-state index contributed by atoms with van der Waals surface area (Å²) in [5.41, 5.74) is 1.54. The zero-order valence-electron chi connectivity index (χ0n) is 23.3. The Morgan fingerprint density at radius 2 is 1.90 bits per heavy atom. The van der Waals surface area contributed by atoms with E-state index in [-0.39, 0.29) is 11.5 Å². The first-order chi connectivity index (χ1) is 19.4. The Labute approximate surface area is 239 Å². The second-order valence-corrected chi connectivity index (χ2v) is 14.1. The predicted octanol–water partition coefficient (Wildman–Crippen LogP) is 3.84. The number of nitrogens with zero attached hydrogens (tertiary/aromatic N) is 4. The fraction of sp³-hybridized carbons (Fsp3) is 0.667. The SMILES string of the molecule is CS(=O)c1ncccc1CNc1ncc(C#N)c(NCC23CC4CC(C2)C(NCC2CCC(O)CC2)C(C4)C3)n1. The number of hydrogen-bond donors (Lipinski definition) is 4. The highest BCUT2D eigenvalue weighted by Gasteiger charge is 2.55. The Balaban J connectivity index is 1.08. The van der Waals surface area contributed by atoms with Crippen molar-refractivity contribution >= 4 is 22.6 Å². The van der Waals surface area contributed by atoms with E-state index in [1.165, 1.54) is 32.1 Å². The highest BCUT2D eigenvalue weighted by atomic mass is 32.2. The fourth-order valence-electron chi connectivity index (χ4n) is 8.34. The molecule has 0 saturated heterocycles. The first-order valence-corrected chi connectivity index (χ1v) is 16.4. The van der Waals surface area contributed by atoms with Crippen LogP contribution in [0, 0.1) is 40.4 Å². The molecule has 7 rings (SSSR count). The normalized spacial score (nSPS) is 33.3. The van der Waals surface area contributed by atoms with Gasteiger partial charge in [-0.3, -0.25) is 4.21 Å². The lowest BCUT2D eigenvalue weighted by molar-refractivity contribution is -0.0705. The zero-order chi connectivity index (χ0) is 27.7. The summed E-state index contributed by atoms with van der Waals surface area (Å²) >= 11 is 0. The molecule has 0 amide bonds. The van der Waals surface area contributed by atoms with E-state index in [2.05, 4.69) is 37.0 Å². The molecule has 0 radical (unpaired) electrons. The Kier molecular flexibility index (Phi) is 8.07. The maximum Gasteiger partial charge on any atom is 0.224 e. The van der Waals surface area contributed by atoms with E-state index in [0.29, 0.717) is 40.9 Å². The molecule has 2 heterocycles. The molecule has 214 valence electrons. The second-order valence-electron chi connectivity index (χ2n) is 12.8. The van der Waals surface area contributed by atoms with Gasteiger partial charge in [0, 0.05) is 37.1 Å². The number of aromatic nitrogens is 3. The summed E-state index contributed by atoms with van der Waals surface area (Å²) in [7, 11) is -1.18. The Morgan fingerprint density at radius 3 is 2.62 bits per heavy atom. The molecule has 4 bridgehead atoms. The highest BCUT2D eigenvalue weighted by molar-refractivity contribution is 7.84. The molecule has 5 fully saturated rings. The van der Waals surface area contributed by atoms with Crippen molar-refractivity contribution in [1.29, 1.82) is 5.26 Å². The first-order valence-electron chi connectivity index (χ1n) is 14.8. The summed E-state index contributed by atoms with van der Waals surface area (Å²) in [6.45, 7) is 2.33. The average Bonchev–Trinajstić information content (AvgIpc) is 2.95. The minimum atomic E-state index is -1.18. The van der Waals surface area contributed by atoms with E-state index in [4.69, 9.17) is 0 Å². The van der Waals surface area contributed by atoms with Crippen LogP contribution in [0.5, 0.6) is 0 Å². The number of hydrogen-bond acceptors (Lipinski definition) is 9. The van der Waals surface area contributed by atoms with Crippen LogP contribution < -0.4 is 16.0 Å². The quantitative estimate of drug-likeness (QED) is 0.340. The van der Waals surface area contributed by atoms with Gasteiger partial charge in [-0.05, 0) is 99.5 Å². The second kappa shape index (κ2) is 11.7. The third-order valence-electron chi connectivity index (χ3n) is 9.96. The molecule has 5 aliphatic carbocycles. The van der Waals surface area contributed by atoms with Crippen molar-refractivity contribution in [3.05, 3.63) is 35.7 Å². The van der Waals surface area contributed by atoms with Crippen molar-refractivity contribution in [2.75, 3.05) is 30.0 Å². The van der Waals surface area contributed by atoms with Gasteiger partial charge in [-0.25, -0.2) is 9.97 Å². The maximum atomic E-state index is 12.0. The van der Waals surface area contributed by atoms with Crippen molar-refractivity contribution in [3.63, 3.8) is 0 Å². The van der Waals surface area contributed by atoms with E-state index in [9.17, 15) is 14.6 Å². The minimum absolute atomic E-state index is 0.0879. The molecule has 3 unspecified atom stereocenters. The molecule has 3 atom stereocenters. The van der Waals surface area contributed by atoms with Crippen LogP contribution in [0.25, 0.3) is 0 Å². The smallest absolute Gasteiger partial charge is 0.224 e. The molecule has 10 heteroatoms. The van der Waals surface area contributed by atoms with Crippen LogP contribution in [0.2, 0.25) is 0 Å². The summed E-state index contributed by atoms with van der Waals surface area (Å²) in [4.78, 5) is 13.3. The van der Waals surface area contributed by atoms with E-state index < -0.39 is 10.8 Å². The molecule has 9 nitrogen and oxygen atoms in total. The molecule has 0 spiro atoms. The van der Waals surface area contributed by atoms with Crippen LogP contribution in [0.1, 0.15) is 68.9 Å². The largest absolute Gasteiger partial charge is 0.393 e. The van der Waals surface area contributed by atoms with Crippen molar-refractivity contribution in [3.8, 4) is 6.07 Å². The van der Waals surface area contributed by atoms with Gasteiger partial charge in [-0.15, -0.1) is 0 Å². The summed E-state index contributed by atoms with van der Waals surface area (Å²) < 4.78 is 12.0. The topological polar surface area (TPSA) is 136 Å². The number of rotatable bonds is 10. The van der Waals surface area contributed by atoms with Crippen LogP contribution in [0.15, 0.2) is 29.6 Å².